The van der Waals surface area contributed by atoms with Gasteiger partial charge in [0.05, 0.1) is 6.04 Å². The summed E-state index contributed by atoms with van der Waals surface area (Å²) in [7, 11) is 0. The van der Waals surface area contributed by atoms with Crippen molar-refractivity contribution < 1.29 is 34.2 Å². The van der Waals surface area contributed by atoms with E-state index in [9.17, 15) is 29.1 Å². The van der Waals surface area contributed by atoms with E-state index in [2.05, 4.69) is 16.0 Å². The Hall–Kier alpha value is -2.73. The van der Waals surface area contributed by atoms with Crippen LogP contribution >= 0.6 is 0 Å². The van der Waals surface area contributed by atoms with Crippen LogP contribution in [0.3, 0.4) is 0 Å². The highest BCUT2D eigenvalue weighted by Gasteiger charge is 2.33. The second-order valence-corrected chi connectivity index (χ2v) is 8.96. The molecule has 0 aliphatic heterocycles. The summed E-state index contributed by atoms with van der Waals surface area (Å²) in [5.74, 6) is -4.89. The maximum absolute atomic E-state index is 13.0. The van der Waals surface area contributed by atoms with Crippen LogP contribution in [-0.4, -0.2) is 70.6 Å². The van der Waals surface area contributed by atoms with Crippen LogP contribution in [0.4, 0.5) is 0 Å². The van der Waals surface area contributed by atoms with Gasteiger partial charge in [0.15, 0.2) is 0 Å². The molecule has 0 aromatic rings. The summed E-state index contributed by atoms with van der Waals surface area (Å²) in [6, 6.07) is -4.35. The zero-order chi connectivity index (χ0) is 27.1. The number of carbonyl (C=O) groups is 5. The Bertz CT molecular complexity index is 718. The number of hydrogen-bond acceptors (Lipinski definition) is 7. The monoisotopic (exact) mass is 501 g/mol. The maximum atomic E-state index is 13.0. The zero-order valence-corrected chi connectivity index (χ0v) is 21.2. The smallest absolute Gasteiger partial charge is 0.326 e. The fourth-order valence-corrected chi connectivity index (χ4v) is 3.28. The molecule has 0 rings (SSSR count). The van der Waals surface area contributed by atoms with E-state index >= 15 is 0 Å². The number of rotatable bonds is 18. The minimum absolute atomic E-state index is 0.163. The molecule has 12 nitrogen and oxygen atoms in total. The first-order chi connectivity index (χ1) is 16.4. The molecule has 0 unspecified atom stereocenters. The number of carbonyl (C=O) groups excluding carboxylic acids is 3. The van der Waals surface area contributed by atoms with Crippen LogP contribution in [0.5, 0.6) is 0 Å². The summed E-state index contributed by atoms with van der Waals surface area (Å²) in [5, 5.41) is 26.1. The van der Waals surface area contributed by atoms with Crippen molar-refractivity contribution in [3.05, 3.63) is 0 Å². The highest BCUT2D eigenvalue weighted by molar-refractivity contribution is 5.94. The first-order valence-corrected chi connectivity index (χ1v) is 12.2. The standard InChI is InChI=1S/C23H43N5O7/c1-5-13(3)18(25)21(32)26-15(10-11-17(29)30)20(31)28-19(14(4)6-2)22(33)27-16(23(34)35)9-7-8-12-24/h13-16,18-19H,5-12,24-25H2,1-4H3,(H,26,32)(H,27,33)(H,28,31)(H,29,30)(H,34,35)/t13-,14-,15-,16-,18-,19-/m0/s1. The van der Waals surface area contributed by atoms with Gasteiger partial charge in [0.1, 0.15) is 18.1 Å². The topological polar surface area (TPSA) is 214 Å². The predicted octanol–water partition coefficient (Wildman–Crippen LogP) is -0.0613. The highest BCUT2D eigenvalue weighted by atomic mass is 16.4. The second-order valence-electron chi connectivity index (χ2n) is 8.96. The third kappa shape index (κ3) is 12.0. The number of carboxylic acids is 2. The molecule has 12 heteroatoms. The van der Waals surface area contributed by atoms with Crippen LogP contribution in [0.1, 0.15) is 72.6 Å². The van der Waals surface area contributed by atoms with Gasteiger partial charge >= 0.3 is 11.9 Å². The lowest BCUT2D eigenvalue weighted by Gasteiger charge is -2.28. The number of carboxylic acid groups (broad SMARTS) is 2. The fraction of sp³-hybridized carbons (Fsp3) is 0.783. The van der Waals surface area contributed by atoms with Gasteiger partial charge in [0.25, 0.3) is 0 Å². The molecule has 0 fully saturated rings. The molecule has 0 saturated carbocycles. The third-order valence-corrected chi connectivity index (χ3v) is 6.19. The van der Waals surface area contributed by atoms with Gasteiger partial charge in [0.2, 0.25) is 17.7 Å². The number of nitrogens with two attached hydrogens (primary N) is 2. The summed E-state index contributed by atoms with van der Waals surface area (Å²) >= 11 is 0. The lowest BCUT2D eigenvalue weighted by molar-refractivity contribution is -0.143. The van der Waals surface area contributed by atoms with E-state index in [0.29, 0.717) is 32.2 Å². The van der Waals surface area contributed by atoms with Crippen molar-refractivity contribution in [2.45, 2.75) is 96.8 Å². The van der Waals surface area contributed by atoms with Gasteiger partial charge in [-0.25, -0.2) is 4.79 Å². The molecule has 0 aliphatic rings. The molecule has 35 heavy (non-hydrogen) atoms. The van der Waals surface area contributed by atoms with Gasteiger partial charge in [-0.15, -0.1) is 0 Å². The summed E-state index contributed by atoms with van der Waals surface area (Å²) in [4.78, 5) is 61.2. The number of amides is 3. The Morgan fingerprint density at radius 3 is 1.83 bits per heavy atom. The van der Waals surface area contributed by atoms with Crippen LogP contribution in [0.25, 0.3) is 0 Å². The normalized spacial score (nSPS) is 16.2. The Morgan fingerprint density at radius 1 is 0.771 bits per heavy atom. The molecular formula is C23H43N5O7. The number of unbranched alkanes of at least 4 members (excludes halogenated alkanes) is 1. The van der Waals surface area contributed by atoms with Crippen molar-refractivity contribution in [3.8, 4) is 0 Å². The van der Waals surface area contributed by atoms with E-state index in [0.717, 1.165) is 0 Å². The van der Waals surface area contributed by atoms with Gasteiger partial charge in [-0.05, 0) is 44.1 Å². The quantitative estimate of drug-likeness (QED) is 0.125. The molecule has 0 bridgehead atoms. The van der Waals surface area contributed by atoms with Crippen molar-refractivity contribution >= 4 is 29.7 Å². The Balaban J connectivity index is 5.60. The summed E-state index contributed by atoms with van der Waals surface area (Å²) in [6.45, 7) is 7.57. The minimum atomic E-state index is -1.23. The predicted molar refractivity (Wildman–Crippen MR) is 130 cm³/mol. The summed E-state index contributed by atoms with van der Waals surface area (Å²) < 4.78 is 0. The molecule has 0 heterocycles. The molecule has 202 valence electrons. The van der Waals surface area contributed by atoms with E-state index in [1.54, 1.807) is 13.8 Å². The molecule has 3 amide bonds. The largest absolute Gasteiger partial charge is 0.481 e. The first kappa shape index (κ1) is 32.3. The second kappa shape index (κ2) is 16.8. The van der Waals surface area contributed by atoms with E-state index < -0.39 is 53.8 Å². The Morgan fingerprint density at radius 2 is 1.34 bits per heavy atom. The van der Waals surface area contributed by atoms with Crippen molar-refractivity contribution in [2.24, 2.45) is 23.3 Å². The van der Waals surface area contributed by atoms with Crippen LogP contribution < -0.4 is 27.4 Å². The molecule has 0 aromatic heterocycles. The van der Waals surface area contributed by atoms with Gasteiger partial charge in [-0.3, -0.25) is 19.2 Å². The summed E-state index contributed by atoms with van der Waals surface area (Å²) in [6.07, 6.45) is 1.83. The van der Waals surface area contributed by atoms with Crippen molar-refractivity contribution in [2.75, 3.05) is 6.54 Å². The molecular weight excluding hydrogens is 458 g/mol. The van der Waals surface area contributed by atoms with E-state index in [1.807, 2.05) is 13.8 Å². The van der Waals surface area contributed by atoms with E-state index in [4.69, 9.17) is 16.6 Å². The lowest BCUT2D eigenvalue weighted by atomic mass is 9.96. The van der Waals surface area contributed by atoms with E-state index in [1.165, 1.54) is 0 Å². The van der Waals surface area contributed by atoms with Gasteiger partial charge < -0.3 is 37.6 Å². The average molecular weight is 502 g/mol. The molecule has 6 atom stereocenters. The number of hydrogen-bond donors (Lipinski definition) is 7. The van der Waals surface area contributed by atoms with Gasteiger partial charge in [-0.2, -0.15) is 0 Å². The van der Waals surface area contributed by atoms with Crippen LogP contribution in [0, 0.1) is 11.8 Å². The van der Waals surface area contributed by atoms with Crippen molar-refractivity contribution in [3.63, 3.8) is 0 Å². The van der Waals surface area contributed by atoms with Crippen LogP contribution in [-0.2, 0) is 24.0 Å². The van der Waals surface area contributed by atoms with Crippen molar-refractivity contribution in [1.29, 1.82) is 0 Å². The molecule has 0 aromatic carbocycles. The molecule has 0 saturated heterocycles. The summed E-state index contributed by atoms with van der Waals surface area (Å²) in [5.41, 5.74) is 11.4. The SMILES string of the molecule is CC[C@H](C)[C@H](N)C(=O)N[C@@H](CCC(=O)O)C(=O)N[C@H](C(=O)N[C@@H](CCCCN)C(=O)O)[C@@H](C)CC. The average Bonchev–Trinajstić information content (AvgIpc) is 2.82. The third-order valence-electron chi connectivity index (χ3n) is 6.19. The molecule has 0 spiro atoms. The highest BCUT2D eigenvalue weighted by Crippen LogP contribution is 2.12. The molecule has 9 N–H and O–H groups in total. The maximum Gasteiger partial charge on any atom is 0.326 e. The fourth-order valence-electron chi connectivity index (χ4n) is 3.28. The Labute approximate surface area is 206 Å². The Kier molecular flexibility index (Phi) is 15.5. The molecule has 0 aliphatic carbocycles. The zero-order valence-electron chi connectivity index (χ0n) is 21.2. The lowest BCUT2D eigenvalue weighted by Crippen LogP contribution is -2.59. The number of aliphatic carboxylic acids is 2. The van der Waals surface area contributed by atoms with Gasteiger partial charge in [-0.1, -0.05) is 40.5 Å². The molecule has 0 radical (unpaired) electrons. The van der Waals surface area contributed by atoms with Crippen LogP contribution in [0.15, 0.2) is 0 Å². The van der Waals surface area contributed by atoms with Crippen molar-refractivity contribution in [1.82, 2.24) is 16.0 Å². The first-order valence-electron chi connectivity index (χ1n) is 12.2. The van der Waals surface area contributed by atoms with E-state index in [-0.39, 0.29) is 31.1 Å². The van der Waals surface area contributed by atoms with Crippen LogP contribution in [0.2, 0.25) is 0 Å². The minimum Gasteiger partial charge on any atom is -0.481 e. The number of nitrogens with one attached hydrogen (secondary N) is 3. The van der Waals surface area contributed by atoms with Gasteiger partial charge in [0, 0.05) is 6.42 Å².